The van der Waals surface area contributed by atoms with Gasteiger partial charge in [0.15, 0.2) is 5.11 Å². The van der Waals surface area contributed by atoms with E-state index in [2.05, 4.69) is 84.9 Å². The lowest BCUT2D eigenvalue weighted by Gasteiger charge is -2.40. The van der Waals surface area contributed by atoms with Crippen LogP contribution in [0.3, 0.4) is 0 Å². The summed E-state index contributed by atoms with van der Waals surface area (Å²) in [6.07, 6.45) is 1.72. The third-order valence-corrected chi connectivity index (χ3v) is 5.18. The van der Waals surface area contributed by atoms with Crippen LogP contribution in [0.2, 0.25) is 0 Å². The van der Waals surface area contributed by atoms with Gasteiger partial charge in [-0.05, 0) is 44.2 Å². The Balaban J connectivity index is 1.95. The summed E-state index contributed by atoms with van der Waals surface area (Å²) >= 11 is 4.91. The Hall–Kier alpha value is -2.24. The second-order valence-corrected chi connectivity index (χ2v) is 7.52. The van der Waals surface area contributed by atoms with Crippen LogP contribution >= 0.6 is 12.2 Å². The predicted octanol–water partition coefficient (Wildman–Crippen LogP) is 4.00. The highest BCUT2D eigenvalue weighted by Gasteiger charge is 2.33. The normalized spacial score (nSPS) is 20.7. The number of aryl methyl sites for hydroxylation is 2. The molecule has 2 atom stereocenters. The number of hydrogen-bond donors (Lipinski definition) is 2. The Kier molecular flexibility index (Phi) is 5.69. The highest BCUT2D eigenvalue weighted by Crippen LogP contribution is 2.39. The number of piperidine rings is 1. The molecule has 2 aromatic carbocycles. The fraction of sp³-hybridized carbons (Fsp3) is 0.333. The number of nitrogens with two attached hydrogens (primary N) is 1. The molecule has 0 bridgehead atoms. The van der Waals surface area contributed by atoms with Crippen molar-refractivity contribution in [2.75, 3.05) is 7.05 Å². The standard InChI is InChI=1S/C21H26N4S/c1-14-4-8-16(9-5-14)19-12-18(23-24-21(22)26)13-20(25(19)3)17-10-6-15(2)7-11-17/h4-11,19-20H,12-13H2,1-3H3,(H3,22,24,26). The van der Waals surface area contributed by atoms with Crippen molar-refractivity contribution in [2.24, 2.45) is 10.8 Å². The fourth-order valence-electron chi connectivity index (χ4n) is 3.54. The lowest BCUT2D eigenvalue weighted by atomic mass is 9.86. The molecule has 136 valence electrons. The lowest BCUT2D eigenvalue weighted by molar-refractivity contribution is 0.163. The number of benzene rings is 2. The molecule has 0 aromatic heterocycles. The van der Waals surface area contributed by atoms with E-state index >= 15 is 0 Å². The van der Waals surface area contributed by atoms with Crippen LogP contribution in [-0.2, 0) is 0 Å². The maximum Gasteiger partial charge on any atom is 0.184 e. The van der Waals surface area contributed by atoms with Crippen molar-refractivity contribution in [1.29, 1.82) is 0 Å². The van der Waals surface area contributed by atoms with E-state index in [1.807, 2.05) is 0 Å². The molecule has 1 aliphatic heterocycles. The van der Waals surface area contributed by atoms with E-state index in [9.17, 15) is 0 Å². The summed E-state index contributed by atoms with van der Waals surface area (Å²) in [6, 6.07) is 18.1. The van der Waals surface area contributed by atoms with Crippen LogP contribution in [0.15, 0.2) is 53.6 Å². The monoisotopic (exact) mass is 366 g/mol. The first-order valence-corrected chi connectivity index (χ1v) is 9.31. The van der Waals surface area contributed by atoms with E-state index in [-0.39, 0.29) is 17.2 Å². The van der Waals surface area contributed by atoms with Gasteiger partial charge >= 0.3 is 0 Å². The van der Waals surface area contributed by atoms with Gasteiger partial charge in [-0.25, -0.2) is 0 Å². The van der Waals surface area contributed by atoms with E-state index < -0.39 is 0 Å². The minimum atomic E-state index is 0.204. The number of likely N-dealkylation sites (tertiary alicyclic amines) is 1. The van der Waals surface area contributed by atoms with E-state index in [4.69, 9.17) is 18.0 Å². The van der Waals surface area contributed by atoms with Crippen LogP contribution in [0.4, 0.5) is 0 Å². The van der Waals surface area contributed by atoms with Crippen LogP contribution in [0.1, 0.15) is 47.2 Å². The molecule has 4 nitrogen and oxygen atoms in total. The molecule has 1 saturated heterocycles. The number of thiocarbonyl (C=S) groups is 1. The van der Waals surface area contributed by atoms with Gasteiger partial charge in [0.05, 0.1) is 0 Å². The smallest absolute Gasteiger partial charge is 0.184 e. The van der Waals surface area contributed by atoms with Gasteiger partial charge in [0.25, 0.3) is 0 Å². The van der Waals surface area contributed by atoms with Gasteiger partial charge < -0.3 is 5.73 Å². The quantitative estimate of drug-likeness (QED) is 0.637. The zero-order chi connectivity index (χ0) is 18.7. The molecule has 0 amide bonds. The number of nitrogens with zero attached hydrogens (tertiary/aromatic N) is 2. The fourth-order valence-corrected chi connectivity index (χ4v) is 3.59. The van der Waals surface area contributed by atoms with Gasteiger partial charge in [-0.2, -0.15) is 5.10 Å². The number of hydrazone groups is 1. The molecule has 0 spiro atoms. The summed E-state index contributed by atoms with van der Waals surface area (Å²) in [7, 11) is 2.20. The van der Waals surface area contributed by atoms with E-state index in [1.54, 1.807) is 0 Å². The zero-order valence-corrected chi connectivity index (χ0v) is 16.4. The van der Waals surface area contributed by atoms with Crippen molar-refractivity contribution < 1.29 is 0 Å². The summed E-state index contributed by atoms with van der Waals surface area (Å²) in [6.45, 7) is 4.23. The predicted molar refractivity (Wildman–Crippen MR) is 112 cm³/mol. The Bertz CT molecular complexity index is 738. The van der Waals surface area contributed by atoms with E-state index in [1.165, 1.54) is 22.3 Å². The van der Waals surface area contributed by atoms with Crippen molar-refractivity contribution in [2.45, 2.75) is 38.8 Å². The molecule has 3 N–H and O–H groups in total. The molecule has 0 aliphatic carbocycles. The molecule has 0 radical (unpaired) electrons. The van der Waals surface area contributed by atoms with E-state index in [0.717, 1.165) is 18.6 Å². The molecule has 26 heavy (non-hydrogen) atoms. The summed E-state index contributed by atoms with van der Waals surface area (Å²) in [5, 5.41) is 4.68. The van der Waals surface area contributed by atoms with Crippen LogP contribution in [0.5, 0.6) is 0 Å². The van der Waals surface area contributed by atoms with Crippen LogP contribution in [-0.4, -0.2) is 22.8 Å². The lowest BCUT2D eigenvalue weighted by Crippen LogP contribution is -2.38. The molecule has 3 rings (SSSR count). The van der Waals surface area contributed by atoms with Crippen molar-refractivity contribution in [3.63, 3.8) is 0 Å². The minimum Gasteiger partial charge on any atom is -0.375 e. The molecule has 1 aliphatic rings. The Labute approximate surface area is 161 Å². The Morgan fingerprint density at radius 2 is 1.38 bits per heavy atom. The summed E-state index contributed by atoms with van der Waals surface area (Å²) in [5.74, 6) is 0. The average molecular weight is 367 g/mol. The van der Waals surface area contributed by atoms with Crippen LogP contribution in [0.25, 0.3) is 0 Å². The van der Waals surface area contributed by atoms with Gasteiger partial charge in [-0.15, -0.1) is 0 Å². The molecular weight excluding hydrogens is 340 g/mol. The SMILES string of the molecule is Cc1ccc(C2CC(=NNC(N)=S)CC(c3ccc(C)cc3)N2C)cc1. The number of rotatable bonds is 3. The Morgan fingerprint density at radius 3 is 1.77 bits per heavy atom. The number of nitrogens with one attached hydrogen (secondary N) is 1. The molecule has 5 heteroatoms. The van der Waals surface area contributed by atoms with Crippen molar-refractivity contribution in [3.8, 4) is 0 Å². The highest BCUT2D eigenvalue weighted by molar-refractivity contribution is 7.80. The Morgan fingerprint density at radius 1 is 0.962 bits per heavy atom. The molecule has 1 fully saturated rings. The first-order chi connectivity index (χ1) is 12.4. The second-order valence-electron chi connectivity index (χ2n) is 7.08. The first-order valence-electron chi connectivity index (χ1n) is 8.90. The van der Waals surface area contributed by atoms with Gasteiger partial charge in [-0.1, -0.05) is 59.7 Å². The van der Waals surface area contributed by atoms with E-state index in [0.29, 0.717) is 0 Å². The largest absolute Gasteiger partial charge is 0.375 e. The average Bonchev–Trinajstić information content (AvgIpc) is 2.62. The maximum absolute atomic E-state index is 5.56. The van der Waals surface area contributed by atoms with Gasteiger partial charge in [-0.3, -0.25) is 10.3 Å². The molecule has 2 unspecified atom stereocenters. The third-order valence-electron chi connectivity index (χ3n) is 5.09. The van der Waals surface area contributed by atoms with Crippen molar-refractivity contribution in [3.05, 3.63) is 70.8 Å². The van der Waals surface area contributed by atoms with Gasteiger partial charge in [0.2, 0.25) is 0 Å². The summed E-state index contributed by atoms with van der Waals surface area (Å²) < 4.78 is 0. The summed E-state index contributed by atoms with van der Waals surface area (Å²) in [5.41, 5.74) is 14.6. The molecule has 2 aromatic rings. The van der Waals surface area contributed by atoms with Crippen LogP contribution in [0, 0.1) is 13.8 Å². The van der Waals surface area contributed by atoms with Crippen molar-refractivity contribution in [1.82, 2.24) is 10.3 Å². The van der Waals surface area contributed by atoms with Crippen LogP contribution < -0.4 is 11.2 Å². The molecular formula is C21H26N4S. The van der Waals surface area contributed by atoms with Crippen molar-refractivity contribution >= 4 is 23.0 Å². The maximum atomic E-state index is 5.56. The minimum absolute atomic E-state index is 0.204. The molecule has 0 saturated carbocycles. The van der Waals surface area contributed by atoms with Gasteiger partial charge in [0, 0.05) is 30.6 Å². The number of hydrogen-bond acceptors (Lipinski definition) is 3. The summed E-state index contributed by atoms with van der Waals surface area (Å²) in [4.78, 5) is 2.45. The third kappa shape index (κ3) is 4.29. The van der Waals surface area contributed by atoms with Gasteiger partial charge in [0.1, 0.15) is 0 Å². The molecule has 1 heterocycles. The topological polar surface area (TPSA) is 53.6 Å². The first kappa shape index (κ1) is 18.5. The zero-order valence-electron chi connectivity index (χ0n) is 15.6. The second kappa shape index (κ2) is 7.98. The highest BCUT2D eigenvalue weighted by atomic mass is 32.1.